The molecule has 0 bridgehead atoms. The maximum Gasteiger partial charge on any atom is 0.255 e. The lowest BCUT2D eigenvalue weighted by Crippen LogP contribution is -2.20. The number of hydrogen-bond donors (Lipinski definition) is 1. The van der Waals surface area contributed by atoms with Crippen molar-refractivity contribution in [2.45, 2.75) is 33.5 Å². The maximum atomic E-state index is 13.7. The predicted molar refractivity (Wildman–Crippen MR) is 137 cm³/mol. The van der Waals surface area contributed by atoms with Crippen molar-refractivity contribution in [2.24, 2.45) is 5.92 Å². The Kier molecular flexibility index (Phi) is 7.33. The minimum atomic E-state index is -1.75. The summed E-state index contributed by atoms with van der Waals surface area (Å²) in [5.74, 6) is 0.0640. The van der Waals surface area contributed by atoms with Crippen molar-refractivity contribution in [3.63, 3.8) is 0 Å². The Labute approximate surface area is 209 Å². The van der Waals surface area contributed by atoms with Crippen LogP contribution in [0.25, 0.3) is 17.1 Å². The van der Waals surface area contributed by atoms with Crippen LogP contribution in [0.15, 0.2) is 79.1 Å². The van der Waals surface area contributed by atoms with Crippen molar-refractivity contribution < 1.29 is 18.7 Å². The number of halogens is 1. The van der Waals surface area contributed by atoms with Crippen LogP contribution in [0.1, 0.15) is 38.1 Å². The van der Waals surface area contributed by atoms with Crippen molar-refractivity contribution >= 4 is 11.6 Å². The molecular formula is C28H29FN4O3. The molecular weight excluding hydrogens is 459 g/mol. The van der Waals surface area contributed by atoms with Gasteiger partial charge >= 0.3 is 0 Å². The van der Waals surface area contributed by atoms with E-state index in [1.54, 1.807) is 65.6 Å². The highest BCUT2D eigenvalue weighted by Gasteiger charge is 2.17. The molecule has 0 aliphatic carbocycles. The van der Waals surface area contributed by atoms with Crippen molar-refractivity contribution in [3.05, 3.63) is 84.7 Å². The van der Waals surface area contributed by atoms with Gasteiger partial charge in [0.1, 0.15) is 17.8 Å². The number of ether oxygens (including phenoxy) is 2. The Morgan fingerprint density at radius 1 is 1.03 bits per heavy atom. The van der Waals surface area contributed by atoms with Crippen LogP contribution in [0.3, 0.4) is 0 Å². The van der Waals surface area contributed by atoms with Gasteiger partial charge in [-0.15, -0.1) is 5.10 Å². The average molecular weight is 489 g/mol. The van der Waals surface area contributed by atoms with Crippen LogP contribution in [0.2, 0.25) is 0 Å². The minimum absolute atomic E-state index is 0.219. The summed E-state index contributed by atoms with van der Waals surface area (Å²) in [5.41, 5.74) is 2.74. The second-order valence-corrected chi connectivity index (χ2v) is 9.24. The highest BCUT2D eigenvalue weighted by atomic mass is 19.2. The number of aromatic nitrogens is 3. The van der Waals surface area contributed by atoms with E-state index in [0.29, 0.717) is 41.1 Å². The summed E-state index contributed by atoms with van der Waals surface area (Å²) < 4.78 is 26.2. The fraction of sp³-hybridized carbons (Fsp3) is 0.250. The van der Waals surface area contributed by atoms with Crippen molar-refractivity contribution in [1.82, 2.24) is 14.8 Å². The van der Waals surface area contributed by atoms with E-state index in [2.05, 4.69) is 29.2 Å². The van der Waals surface area contributed by atoms with Gasteiger partial charge in [-0.3, -0.25) is 4.79 Å². The van der Waals surface area contributed by atoms with Gasteiger partial charge in [-0.25, -0.2) is 9.67 Å². The molecule has 36 heavy (non-hydrogen) atoms. The van der Waals surface area contributed by atoms with E-state index in [1.807, 2.05) is 18.2 Å². The summed E-state index contributed by atoms with van der Waals surface area (Å²) in [6.07, 6.45) is 1.61. The first kappa shape index (κ1) is 24.9. The molecule has 0 unspecified atom stereocenters. The van der Waals surface area contributed by atoms with Crippen LogP contribution < -0.4 is 14.8 Å². The van der Waals surface area contributed by atoms with Crippen molar-refractivity contribution in [2.75, 3.05) is 11.9 Å². The van der Waals surface area contributed by atoms with Crippen molar-refractivity contribution in [3.8, 4) is 28.6 Å². The minimum Gasteiger partial charge on any atom is -0.493 e. The van der Waals surface area contributed by atoms with Gasteiger partial charge in [0.25, 0.3) is 5.91 Å². The predicted octanol–water partition coefficient (Wildman–Crippen LogP) is 6.31. The molecule has 0 fully saturated rings. The van der Waals surface area contributed by atoms with E-state index in [0.717, 1.165) is 11.3 Å². The third-order valence-corrected chi connectivity index (χ3v) is 5.03. The summed E-state index contributed by atoms with van der Waals surface area (Å²) >= 11 is 0. The van der Waals surface area contributed by atoms with E-state index in [4.69, 9.17) is 9.47 Å². The summed E-state index contributed by atoms with van der Waals surface area (Å²) in [6, 6.07) is 21.3. The van der Waals surface area contributed by atoms with E-state index >= 15 is 0 Å². The summed E-state index contributed by atoms with van der Waals surface area (Å²) in [4.78, 5) is 17.1. The number of amides is 1. The molecule has 0 spiro atoms. The highest BCUT2D eigenvalue weighted by Crippen LogP contribution is 2.23. The molecule has 4 rings (SSSR count). The standard InChI is InChI=1S/C28H29FN4O3/c1-19(2)17-35-25-7-5-6-21(16-25)27(34)31-22-10-8-20(9-11-22)26-30-18-33(32-26)23-12-14-24(15-13-23)36-28(3,4)29/h5-16,18-19H,17H2,1-4H3,(H,31,34). The molecule has 0 atom stereocenters. The molecule has 8 heteroatoms. The maximum absolute atomic E-state index is 13.7. The Hall–Kier alpha value is -4.20. The quantitative estimate of drug-likeness (QED) is 0.299. The smallest absolute Gasteiger partial charge is 0.255 e. The molecule has 1 N–H and O–H groups in total. The number of anilines is 1. The van der Waals surface area contributed by atoms with E-state index < -0.39 is 5.85 Å². The van der Waals surface area contributed by atoms with Crippen LogP contribution in [0.5, 0.6) is 11.5 Å². The molecule has 4 aromatic rings. The van der Waals surface area contributed by atoms with Gasteiger partial charge in [-0.05, 0) is 72.6 Å². The van der Waals surface area contributed by atoms with Gasteiger partial charge in [-0.1, -0.05) is 19.9 Å². The number of rotatable bonds is 9. The molecule has 186 valence electrons. The first-order valence-corrected chi connectivity index (χ1v) is 11.7. The van der Waals surface area contributed by atoms with Crippen LogP contribution >= 0.6 is 0 Å². The topological polar surface area (TPSA) is 78.3 Å². The number of hydrogen-bond acceptors (Lipinski definition) is 5. The zero-order valence-electron chi connectivity index (χ0n) is 20.7. The second kappa shape index (κ2) is 10.6. The lowest BCUT2D eigenvalue weighted by molar-refractivity contribution is -0.0257. The molecule has 3 aromatic carbocycles. The number of alkyl halides is 1. The lowest BCUT2D eigenvalue weighted by Gasteiger charge is -2.17. The fourth-order valence-corrected chi connectivity index (χ4v) is 3.36. The van der Waals surface area contributed by atoms with Gasteiger partial charge in [0.2, 0.25) is 5.85 Å². The number of carbonyl (C=O) groups excluding carboxylic acids is 1. The Morgan fingerprint density at radius 2 is 1.75 bits per heavy atom. The lowest BCUT2D eigenvalue weighted by atomic mass is 10.1. The van der Waals surface area contributed by atoms with Crippen LogP contribution in [0, 0.1) is 5.92 Å². The van der Waals surface area contributed by atoms with Crippen LogP contribution in [-0.2, 0) is 0 Å². The monoisotopic (exact) mass is 488 g/mol. The molecule has 1 aromatic heterocycles. The second-order valence-electron chi connectivity index (χ2n) is 9.24. The Bertz CT molecular complexity index is 1310. The van der Waals surface area contributed by atoms with Gasteiger partial charge in [-0.2, -0.15) is 4.39 Å². The van der Waals surface area contributed by atoms with Gasteiger partial charge < -0.3 is 14.8 Å². The molecule has 1 heterocycles. The fourth-order valence-electron chi connectivity index (χ4n) is 3.36. The van der Waals surface area contributed by atoms with Crippen LogP contribution in [0.4, 0.5) is 10.1 Å². The number of nitrogens with zero attached hydrogens (tertiary/aromatic N) is 3. The SMILES string of the molecule is CC(C)COc1cccc(C(=O)Nc2ccc(-c3ncn(-c4ccc(OC(C)(C)F)cc4)n3)cc2)c1. The van der Waals surface area contributed by atoms with Gasteiger partial charge in [0.15, 0.2) is 5.82 Å². The molecule has 7 nitrogen and oxygen atoms in total. The largest absolute Gasteiger partial charge is 0.493 e. The number of benzene rings is 3. The number of carbonyl (C=O) groups is 1. The number of nitrogens with one attached hydrogen (secondary N) is 1. The van der Waals surface area contributed by atoms with Crippen LogP contribution in [-0.4, -0.2) is 33.1 Å². The summed E-state index contributed by atoms with van der Waals surface area (Å²) in [6.45, 7) is 7.44. The zero-order valence-corrected chi connectivity index (χ0v) is 20.7. The highest BCUT2D eigenvalue weighted by molar-refractivity contribution is 6.04. The molecule has 0 aliphatic heterocycles. The summed E-state index contributed by atoms with van der Waals surface area (Å²) in [5, 5.41) is 7.42. The normalized spacial score (nSPS) is 11.4. The average Bonchev–Trinajstić information content (AvgIpc) is 3.33. The molecule has 0 aliphatic rings. The molecule has 0 saturated heterocycles. The van der Waals surface area contributed by atoms with E-state index in [-0.39, 0.29) is 5.91 Å². The summed E-state index contributed by atoms with van der Waals surface area (Å²) in [7, 11) is 0. The Morgan fingerprint density at radius 3 is 2.42 bits per heavy atom. The van der Waals surface area contributed by atoms with E-state index in [1.165, 1.54) is 13.8 Å². The van der Waals surface area contributed by atoms with Gasteiger partial charge in [0.05, 0.1) is 12.3 Å². The third-order valence-electron chi connectivity index (χ3n) is 5.03. The molecule has 0 saturated carbocycles. The first-order valence-electron chi connectivity index (χ1n) is 11.7. The first-order chi connectivity index (χ1) is 17.2. The van der Waals surface area contributed by atoms with E-state index in [9.17, 15) is 9.18 Å². The molecule has 0 radical (unpaired) electrons. The third kappa shape index (κ3) is 6.69. The molecule has 1 amide bonds. The van der Waals surface area contributed by atoms with Crippen molar-refractivity contribution in [1.29, 1.82) is 0 Å². The van der Waals surface area contributed by atoms with Gasteiger partial charge in [0, 0.05) is 30.7 Å². The zero-order chi connectivity index (χ0) is 25.7. The Balaban J connectivity index is 1.40.